The molecule has 1 aromatic heterocycles. The van der Waals surface area contributed by atoms with E-state index in [0.29, 0.717) is 13.0 Å². The molecule has 0 spiro atoms. The van der Waals surface area contributed by atoms with E-state index in [1.54, 1.807) is 12.4 Å². The van der Waals surface area contributed by atoms with E-state index in [9.17, 15) is 4.79 Å². The van der Waals surface area contributed by atoms with Crippen molar-refractivity contribution in [2.24, 2.45) is 5.73 Å². The minimum atomic E-state index is -0.270. The molecule has 18 heavy (non-hydrogen) atoms. The number of aryl methyl sites for hydroxylation is 1. The van der Waals surface area contributed by atoms with Gasteiger partial charge in [-0.1, -0.05) is 12.8 Å². The average molecular weight is 247 g/mol. The van der Waals surface area contributed by atoms with Crippen LogP contribution in [0.2, 0.25) is 0 Å². The van der Waals surface area contributed by atoms with Gasteiger partial charge in [-0.2, -0.15) is 0 Å². The Kier molecular flexibility index (Phi) is 3.97. The predicted octanol–water partition coefficient (Wildman–Crippen LogP) is 1.67. The van der Waals surface area contributed by atoms with Crippen LogP contribution < -0.4 is 11.1 Å². The van der Waals surface area contributed by atoms with Crippen LogP contribution in [-0.4, -0.2) is 16.4 Å². The Balaban J connectivity index is 1.83. The maximum absolute atomic E-state index is 11.9. The summed E-state index contributed by atoms with van der Waals surface area (Å²) in [5.74, 6) is 0.0441. The van der Waals surface area contributed by atoms with Gasteiger partial charge < -0.3 is 11.1 Å². The molecule has 1 heterocycles. The van der Waals surface area contributed by atoms with Crippen LogP contribution in [-0.2, 0) is 11.3 Å². The summed E-state index contributed by atoms with van der Waals surface area (Å²) in [6, 6.07) is 1.95. The Hall–Kier alpha value is -1.42. The van der Waals surface area contributed by atoms with Crippen molar-refractivity contribution >= 4 is 5.91 Å². The highest BCUT2D eigenvalue weighted by atomic mass is 16.1. The zero-order chi connectivity index (χ0) is 13.0. The van der Waals surface area contributed by atoms with Crippen LogP contribution in [0.4, 0.5) is 0 Å². The first-order valence-corrected chi connectivity index (χ1v) is 6.54. The third-order valence-electron chi connectivity index (χ3n) is 3.74. The summed E-state index contributed by atoms with van der Waals surface area (Å²) in [6.45, 7) is 2.55. The van der Waals surface area contributed by atoms with Gasteiger partial charge in [0.05, 0.1) is 0 Å². The first-order chi connectivity index (χ1) is 8.59. The van der Waals surface area contributed by atoms with Crippen molar-refractivity contribution in [1.82, 2.24) is 10.3 Å². The van der Waals surface area contributed by atoms with E-state index in [2.05, 4.69) is 10.3 Å². The predicted molar refractivity (Wildman–Crippen MR) is 70.8 cm³/mol. The first-order valence-electron chi connectivity index (χ1n) is 6.54. The Bertz CT molecular complexity index is 425. The van der Waals surface area contributed by atoms with Gasteiger partial charge in [-0.05, 0) is 37.0 Å². The summed E-state index contributed by atoms with van der Waals surface area (Å²) in [5.41, 5.74) is 8.12. The molecule has 1 saturated carbocycles. The number of pyridine rings is 1. The van der Waals surface area contributed by atoms with Crippen molar-refractivity contribution in [2.75, 3.05) is 0 Å². The highest BCUT2D eigenvalue weighted by Crippen LogP contribution is 2.29. The van der Waals surface area contributed by atoms with Crippen LogP contribution in [0.5, 0.6) is 0 Å². The van der Waals surface area contributed by atoms with Gasteiger partial charge in [0.1, 0.15) is 0 Å². The lowest BCUT2D eigenvalue weighted by atomic mass is 9.94. The van der Waals surface area contributed by atoms with E-state index in [1.807, 2.05) is 13.0 Å². The molecule has 1 amide bonds. The molecular weight excluding hydrogens is 226 g/mol. The standard InChI is InChI=1S/C14H21N3O/c1-11-4-7-16-9-12(11)10-17-13(18)8-14(15)5-2-3-6-14/h4,7,9H,2-3,5-6,8,10,15H2,1H3,(H,17,18). The van der Waals surface area contributed by atoms with Crippen molar-refractivity contribution in [3.63, 3.8) is 0 Å². The molecule has 4 heteroatoms. The topological polar surface area (TPSA) is 68.0 Å². The van der Waals surface area contributed by atoms with Crippen molar-refractivity contribution in [3.05, 3.63) is 29.6 Å². The van der Waals surface area contributed by atoms with Gasteiger partial charge in [0.25, 0.3) is 0 Å². The highest BCUT2D eigenvalue weighted by Gasteiger charge is 2.31. The van der Waals surface area contributed by atoms with Crippen LogP contribution in [0.3, 0.4) is 0 Å². The maximum Gasteiger partial charge on any atom is 0.222 e. The molecule has 0 unspecified atom stereocenters. The van der Waals surface area contributed by atoms with Gasteiger partial charge >= 0.3 is 0 Å². The highest BCUT2D eigenvalue weighted by molar-refractivity contribution is 5.77. The van der Waals surface area contributed by atoms with Gasteiger partial charge in [-0.3, -0.25) is 9.78 Å². The van der Waals surface area contributed by atoms with Crippen molar-refractivity contribution in [2.45, 2.75) is 51.1 Å². The minimum Gasteiger partial charge on any atom is -0.352 e. The number of amides is 1. The second kappa shape index (κ2) is 5.48. The Labute approximate surface area is 108 Å². The molecule has 4 nitrogen and oxygen atoms in total. The van der Waals surface area contributed by atoms with Crippen LogP contribution >= 0.6 is 0 Å². The Morgan fingerprint density at radius 2 is 2.22 bits per heavy atom. The monoisotopic (exact) mass is 247 g/mol. The lowest BCUT2D eigenvalue weighted by molar-refractivity contribution is -0.122. The number of nitrogens with two attached hydrogens (primary N) is 1. The zero-order valence-electron chi connectivity index (χ0n) is 10.9. The molecule has 1 fully saturated rings. The largest absolute Gasteiger partial charge is 0.352 e. The molecule has 0 bridgehead atoms. The molecule has 3 N–H and O–H groups in total. The molecule has 0 saturated heterocycles. The minimum absolute atomic E-state index is 0.0441. The van der Waals surface area contributed by atoms with Gasteiger partial charge in [-0.25, -0.2) is 0 Å². The molecule has 1 aliphatic rings. The number of hydrogen-bond acceptors (Lipinski definition) is 3. The van der Waals surface area contributed by atoms with E-state index < -0.39 is 0 Å². The second-order valence-corrected chi connectivity index (χ2v) is 5.33. The van der Waals surface area contributed by atoms with Gasteiger partial charge in [0.2, 0.25) is 5.91 Å². The van der Waals surface area contributed by atoms with Gasteiger partial charge in [0, 0.05) is 30.9 Å². The number of nitrogens with zero attached hydrogens (tertiary/aromatic N) is 1. The fourth-order valence-electron chi connectivity index (χ4n) is 2.51. The normalized spacial score (nSPS) is 17.7. The van der Waals surface area contributed by atoms with Crippen LogP contribution in [0, 0.1) is 6.92 Å². The lowest BCUT2D eigenvalue weighted by Gasteiger charge is -2.22. The van der Waals surface area contributed by atoms with Gasteiger partial charge in [-0.15, -0.1) is 0 Å². The number of aromatic nitrogens is 1. The smallest absolute Gasteiger partial charge is 0.222 e. The third kappa shape index (κ3) is 3.29. The fraction of sp³-hybridized carbons (Fsp3) is 0.571. The third-order valence-corrected chi connectivity index (χ3v) is 3.74. The summed E-state index contributed by atoms with van der Waals surface area (Å²) in [5, 5.41) is 2.93. The molecule has 0 atom stereocenters. The van der Waals surface area contributed by atoms with Crippen molar-refractivity contribution in [1.29, 1.82) is 0 Å². The van der Waals surface area contributed by atoms with Crippen LogP contribution in [0.15, 0.2) is 18.5 Å². The fourth-order valence-corrected chi connectivity index (χ4v) is 2.51. The second-order valence-electron chi connectivity index (χ2n) is 5.33. The van der Waals surface area contributed by atoms with E-state index in [0.717, 1.165) is 36.8 Å². The van der Waals surface area contributed by atoms with Crippen LogP contribution in [0.1, 0.15) is 43.2 Å². The summed E-state index contributed by atoms with van der Waals surface area (Å²) in [7, 11) is 0. The molecule has 98 valence electrons. The van der Waals surface area contributed by atoms with Gasteiger partial charge in [0.15, 0.2) is 0 Å². The van der Waals surface area contributed by atoms with Crippen molar-refractivity contribution in [3.8, 4) is 0 Å². The lowest BCUT2D eigenvalue weighted by Crippen LogP contribution is -2.42. The molecule has 1 aromatic rings. The van der Waals surface area contributed by atoms with Crippen molar-refractivity contribution < 1.29 is 4.79 Å². The number of carbonyl (C=O) groups is 1. The molecule has 0 radical (unpaired) electrons. The molecule has 2 rings (SSSR count). The van der Waals surface area contributed by atoms with E-state index in [1.165, 1.54) is 0 Å². The Morgan fingerprint density at radius 3 is 2.89 bits per heavy atom. The molecule has 1 aliphatic carbocycles. The zero-order valence-corrected chi connectivity index (χ0v) is 10.9. The Morgan fingerprint density at radius 1 is 1.50 bits per heavy atom. The molecule has 0 aromatic carbocycles. The van der Waals surface area contributed by atoms with E-state index in [-0.39, 0.29) is 11.4 Å². The van der Waals surface area contributed by atoms with E-state index in [4.69, 9.17) is 5.73 Å². The summed E-state index contributed by atoms with van der Waals surface area (Å²) in [6.07, 6.45) is 8.21. The molecular formula is C14H21N3O. The van der Waals surface area contributed by atoms with E-state index >= 15 is 0 Å². The summed E-state index contributed by atoms with van der Waals surface area (Å²) < 4.78 is 0. The SMILES string of the molecule is Cc1ccncc1CNC(=O)CC1(N)CCCC1. The first kappa shape index (κ1) is 13.0. The number of rotatable bonds is 4. The van der Waals surface area contributed by atoms with Crippen LogP contribution in [0.25, 0.3) is 0 Å². The molecule has 0 aliphatic heterocycles. The average Bonchev–Trinajstić information content (AvgIpc) is 2.74. The summed E-state index contributed by atoms with van der Waals surface area (Å²) in [4.78, 5) is 15.9. The number of nitrogens with one attached hydrogen (secondary N) is 1. The maximum atomic E-state index is 11.9. The number of carbonyl (C=O) groups excluding carboxylic acids is 1. The summed E-state index contributed by atoms with van der Waals surface area (Å²) >= 11 is 0. The quantitative estimate of drug-likeness (QED) is 0.850. The number of hydrogen-bond donors (Lipinski definition) is 2.